The van der Waals surface area contributed by atoms with Gasteiger partial charge in [-0.1, -0.05) is 0 Å². The van der Waals surface area contributed by atoms with Crippen LogP contribution in [0.3, 0.4) is 0 Å². The van der Waals surface area contributed by atoms with Gasteiger partial charge in [-0.3, -0.25) is 9.59 Å². The zero-order valence-corrected chi connectivity index (χ0v) is 11.1. The summed E-state index contributed by atoms with van der Waals surface area (Å²) in [5.74, 6) is -1.39. The predicted octanol–water partition coefficient (Wildman–Crippen LogP) is 2.33. The molecule has 0 saturated carbocycles. The third kappa shape index (κ3) is 5.90. The number of anilines is 1. The molecule has 0 radical (unpaired) electrons. The molecule has 0 fully saturated rings. The molecule has 20 heavy (non-hydrogen) atoms. The van der Waals surface area contributed by atoms with Crippen LogP contribution in [-0.2, 0) is 9.59 Å². The van der Waals surface area contributed by atoms with E-state index in [0.29, 0.717) is 12.2 Å². The van der Waals surface area contributed by atoms with Crippen molar-refractivity contribution in [2.45, 2.75) is 19.8 Å². The molecule has 0 aromatic heterocycles. The lowest BCUT2D eigenvalue weighted by Crippen LogP contribution is -2.05. The molecule has 1 aromatic carbocycles. The number of benzene rings is 1. The van der Waals surface area contributed by atoms with Gasteiger partial charge in [-0.2, -0.15) is 0 Å². The number of carboxylic acids is 2. The first-order valence-corrected chi connectivity index (χ1v) is 6.12. The van der Waals surface area contributed by atoms with Gasteiger partial charge in [-0.15, -0.1) is 0 Å². The summed E-state index contributed by atoms with van der Waals surface area (Å²) in [4.78, 5) is 21.3. The second-order valence-electron chi connectivity index (χ2n) is 4.05. The highest BCUT2D eigenvalue weighted by Crippen LogP contribution is 2.16. The van der Waals surface area contributed by atoms with E-state index in [1.165, 1.54) is 6.20 Å². The summed E-state index contributed by atoms with van der Waals surface area (Å²) >= 11 is 0. The zero-order valence-electron chi connectivity index (χ0n) is 11.1. The number of hydrogen-bond donors (Lipinski definition) is 3. The maximum atomic E-state index is 10.6. The van der Waals surface area contributed by atoms with E-state index in [0.717, 1.165) is 11.4 Å². The molecule has 3 N–H and O–H groups in total. The van der Waals surface area contributed by atoms with E-state index in [1.54, 1.807) is 24.3 Å². The van der Waals surface area contributed by atoms with Gasteiger partial charge in [0, 0.05) is 11.9 Å². The smallest absolute Gasteiger partial charge is 0.307 e. The number of hydrogen-bond acceptors (Lipinski definition) is 4. The van der Waals surface area contributed by atoms with Gasteiger partial charge in [0.25, 0.3) is 0 Å². The summed E-state index contributed by atoms with van der Waals surface area (Å²) in [6.45, 7) is 2.47. The minimum absolute atomic E-state index is 0.291. The highest BCUT2D eigenvalue weighted by molar-refractivity contribution is 5.75. The minimum Gasteiger partial charge on any atom is -0.494 e. The van der Waals surface area contributed by atoms with E-state index >= 15 is 0 Å². The first kappa shape index (κ1) is 15.6. The number of nitrogens with one attached hydrogen (secondary N) is 1. The molecular weight excluding hydrogens is 262 g/mol. The summed E-state index contributed by atoms with van der Waals surface area (Å²) in [5.41, 5.74) is 1.01. The van der Waals surface area contributed by atoms with Crippen molar-refractivity contribution in [1.29, 1.82) is 0 Å². The lowest BCUT2D eigenvalue weighted by atomic mass is 10.1. The van der Waals surface area contributed by atoms with Crippen molar-refractivity contribution in [2.24, 2.45) is 0 Å². The van der Waals surface area contributed by atoms with Crippen molar-refractivity contribution in [1.82, 2.24) is 0 Å². The van der Waals surface area contributed by atoms with Gasteiger partial charge in [0.2, 0.25) is 0 Å². The van der Waals surface area contributed by atoms with E-state index < -0.39 is 11.9 Å². The Morgan fingerprint density at radius 2 is 1.70 bits per heavy atom. The Balaban J connectivity index is 2.70. The fourth-order valence-corrected chi connectivity index (χ4v) is 1.55. The first-order chi connectivity index (χ1) is 9.51. The summed E-state index contributed by atoms with van der Waals surface area (Å²) in [6, 6.07) is 7.07. The molecule has 6 nitrogen and oxygen atoms in total. The second-order valence-corrected chi connectivity index (χ2v) is 4.05. The molecule has 0 aliphatic heterocycles. The molecule has 0 aliphatic rings. The van der Waals surface area contributed by atoms with Crippen LogP contribution in [-0.4, -0.2) is 28.8 Å². The molecule has 0 heterocycles. The molecule has 0 bridgehead atoms. The number of rotatable bonds is 8. The molecule has 0 spiro atoms. The molecule has 6 heteroatoms. The Morgan fingerprint density at radius 3 is 2.15 bits per heavy atom. The Labute approximate surface area is 116 Å². The molecule has 108 valence electrons. The van der Waals surface area contributed by atoms with Crippen molar-refractivity contribution in [2.75, 3.05) is 11.9 Å². The standard InChI is InChI=1S/C14H17NO5/c1-2-20-12-5-3-11(4-6-12)15-9-10(7-13(16)17)8-14(18)19/h3-6,9,15H,2,7-8H2,1H3,(H,16,17)(H,18,19). The van der Waals surface area contributed by atoms with Gasteiger partial charge in [-0.05, 0) is 36.8 Å². The highest BCUT2D eigenvalue weighted by atomic mass is 16.5. The van der Waals surface area contributed by atoms with Gasteiger partial charge < -0.3 is 20.3 Å². The lowest BCUT2D eigenvalue weighted by molar-refractivity contribution is -0.136. The second kappa shape index (κ2) is 7.83. The maximum Gasteiger partial charge on any atom is 0.307 e. The van der Waals surface area contributed by atoms with E-state index in [9.17, 15) is 9.59 Å². The van der Waals surface area contributed by atoms with Gasteiger partial charge in [-0.25, -0.2) is 0 Å². The third-order valence-electron chi connectivity index (χ3n) is 2.36. The van der Waals surface area contributed by atoms with Crippen molar-refractivity contribution in [3.63, 3.8) is 0 Å². The minimum atomic E-state index is -1.06. The predicted molar refractivity (Wildman–Crippen MR) is 73.8 cm³/mol. The van der Waals surface area contributed by atoms with E-state index in [2.05, 4.69) is 5.32 Å². The average Bonchev–Trinajstić information content (AvgIpc) is 2.36. The van der Waals surface area contributed by atoms with Gasteiger partial charge >= 0.3 is 11.9 Å². The largest absolute Gasteiger partial charge is 0.494 e. The third-order valence-corrected chi connectivity index (χ3v) is 2.36. The van der Waals surface area contributed by atoms with Crippen LogP contribution in [0.2, 0.25) is 0 Å². The first-order valence-electron chi connectivity index (χ1n) is 6.12. The van der Waals surface area contributed by atoms with Crippen molar-refractivity contribution >= 4 is 17.6 Å². The van der Waals surface area contributed by atoms with Crippen molar-refractivity contribution in [3.05, 3.63) is 36.0 Å². The SMILES string of the molecule is CCOc1ccc(NC=C(CC(=O)O)CC(=O)O)cc1. The summed E-state index contributed by atoms with van der Waals surface area (Å²) in [6.07, 6.45) is 0.796. The van der Waals surface area contributed by atoms with Crippen LogP contribution in [0.4, 0.5) is 5.69 Å². The number of carboxylic acid groups (broad SMARTS) is 2. The zero-order chi connectivity index (χ0) is 15.0. The van der Waals surface area contributed by atoms with Gasteiger partial charge in [0.15, 0.2) is 0 Å². The van der Waals surface area contributed by atoms with Crippen LogP contribution in [0.15, 0.2) is 36.0 Å². The van der Waals surface area contributed by atoms with Crippen LogP contribution in [0.1, 0.15) is 19.8 Å². The molecule has 0 saturated heterocycles. The van der Waals surface area contributed by atoms with E-state index in [4.69, 9.17) is 14.9 Å². The summed E-state index contributed by atoms with van der Waals surface area (Å²) in [5, 5.41) is 20.3. The summed E-state index contributed by atoms with van der Waals surface area (Å²) < 4.78 is 5.29. The quantitative estimate of drug-likeness (QED) is 0.676. The van der Waals surface area contributed by atoms with Crippen LogP contribution in [0.5, 0.6) is 5.75 Å². The Hall–Kier alpha value is -2.50. The number of ether oxygens (including phenoxy) is 1. The molecule has 0 aliphatic carbocycles. The topological polar surface area (TPSA) is 95.9 Å². The van der Waals surface area contributed by atoms with Gasteiger partial charge in [0.05, 0.1) is 19.4 Å². The fraction of sp³-hybridized carbons (Fsp3) is 0.286. The number of aliphatic carboxylic acids is 2. The van der Waals surface area contributed by atoms with Crippen LogP contribution in [0.25, 0.3) is 0 Å². The fourth-order valence-electron chi connectivity index (χ4n) is 1.55. The lowest BCUT2D eigenvalue weighted by Gasteiger charge is -2.06. The number of carbonyl (C=O) groups is 2. The molecule has 0 unspecified atom stereocenters. The molecular formula is C14H17NO5. The molecule has 0 atom stereocenters. The highest BCUT2D eigenvalue weighted by Gasteiger charge is 2.08. The monoisotopic (exact) mass is 279 g/mol. The molecule has 0 amide bonds. The van der Waals surface area contributed by atoms with E-state index in [1.807, 2.05) is 6.92 Å². The summed E-state index contributed by atoms with van der Waals surface area (Å²) in [7, 11) is 0. The Morgan fingerprint density at radius 1 is 1.15 bits per heavy atom. The van der Waals surface area contributed by atoms with Crippen molar-refractivity contribution < 1.29 is 24.5 Å². The normalized spacial score (nSPS) is 9.65. The van der Waals surface area contributed by atoms with Crippen LogP contribution < -0.4 is 10.1 Å². The molecule has 1 rings (SSSR count). The van der Waals surface area contributed by atoms with E-state index in [-0.39, 0.29) is 12.8 Å². The van der Waals surface area contributed by atoms with Crippen molar-refractivity contribution in [3.8, 4) is 5.75 Å². The molecule has 1 aromatic rings. The van der Waals surface area contributed by atoms with Gasteiger partial charge in [0.1, 0.15) is 5.75 Å². The van der Waals surface area contributed by atoms with Crippen LogP contribution in [0, 0.1) is 0 Å². The van der Waals surface area contributed by atoms with Crippen LogP contribution >= 0.6 is 0 Å². The average molecular weight is 279 g/mol. The maximum absolute atomic E-state index is 10.6. The Kier molecular flexibility index (Phi) is 6.09. The Bertz CT molecular complexity index is 475.